The second-order valence-electron chi connectivity index (χ2n) is 6.01. The van der Waals surface area contributed by atoms with E-state index in [0.29, 0.717) is 10.7 Å². The molecule has 1 aliphatic heterocycles. The minimum absolute atomic E-state index is 0.0909. The van der Waals surface area contributed by atoms with Gasteiger partial charge >= 0.3 is 0 Å². The molecule has 2 fully saturated rings. The van der Waals surface area contributed by atoms with Gasteiger partial charge in [0.2, 0.25) is 0 Å². The van der Waals surface area contributed by atoms with Crippen LogP contribution < -0.4 is 0 Å². The predicted molar refractivity (Wildman–Crippen MR) is 67.3 cm³/mol. The lowest BCUT2D eigenvalue weighted by Crippen LogP contribution is -2.56. The number of nitrogens with zero attached hydrogens (tertiary/aromatic N) is 1. The Hall–Kier alpha value is -0.0700. The number of nitriles is 1. The van der Waals surface area contributed by atoms with Crippen LogP contribution in [0.3, 0.4) is 0 Å². The first-order valence-electron chi connectivity index (χ1n) is 6.11. The Balaban J connectivity index is 2.25. The second-order valence-corrected chi connectivity index (χ2v) is 7.11. The van der Waals surface area contributed by atoms with E-state index in [1.807, 2.05) is 0 Å². The largest absolute Gasteiger partial charge is 0.357 e. The Morgan fingerprint density at radius 2 is 1.94 bits per heavy atom. The third-order valence-corrected chi connectivity index (χ3v) is 6.25. The van der Waals surface area contributed by atoms with Crippen molar-refractivity contribution in [2.45, 2.75) is 63.0 Å². The predicted octanol–water partition coefficient (Wildman–Crippen LogP) is 3.65. The Morgan fingerprint density at radius 1 is 1.25 bits per heavy atom. The molecule has 0 N–H and O–H groups in total. The number of fused-ring (bicyclic) bond motifs is 1. The third kappa shape index (κ3) is 1.80. The van der Waals surface area contributed by atoms with Crippen LogP contribution in [0.15, 0.2) is 0 Å². The first-order valence-corrected chi connectivity index (χ1v) is 7.03. The van der Waals surface area contributed by atoms with E-state index < -0.39 is 0 Å². The van der Waals surface area contributed by atoms with Gasteiger partial charge in [-0.1, -0.05) is 29.8 Å². The van der Waals surface area contributed by atoms with E-state index in [-0.39, 0.29) is 17.1 Å². The van der Waals surface area contributed by atoms with Gasteiger partial charge in [0.15, 0.2) is 0 Å². The lowest BCUT2D eigenvalue weighted by atomic mass is 9.59. The first-order chi connectivity index (χ1) is 7.40. The zero-order chi connectivity index (χ0) is 12.0. The molecule has 1 saturated carbocycles. The molecule has 0 amide bonds. The van der Waals surface area contributed by atoms with Crippen molar-refractivity contribution in [1.29, 1.82) is 5.26 Å². The highest BCUT2D eigenvalue weighted by Crippen LogP contribution is 2.54. The molecule has 16 heavy (non-hydrogen) atoms. The number of hydrogen-bond acceptors (Lipinski definition) is 2. The van der Waals surface area contributed by atoms with Gasteiger partial charge in [0.1, 0.15) is 6.10 Å². The van der Waals surface area contributed by atoms with E-state index >= 15 is 0 Å². The highest BCUT2D eigenvalue weighted by molar-refractivity contribution is 9.09. The van der Waals surface area contributed by atoms with Gasteiger partial charge in [-0.15, -0.1) is 0 Å². The minimum Gasteiger partial charge on any atom is -0.357 e. The molecule has 3 heteroatoms. The maximum atomic E-state index is 8.99. The summed E-state index contributed by atoms with van der Waals surface area (Å²) < 4.78 is 6.03. The molecule has 1 aliphatic carbocycles. The Labute approximate surface area is 106 Å². The van der Waals surface area contributed by atoms with Crippen LogP contribution in [0.25, 0.3) is 0 Å². The van der Waals surface area contributed by atoms with Gasteiger partial charge in [-0.3, -0.25) is 0 Å². The van der Waals surface area contributed by atoms with Crippen molar-refractivity contribution in [1.82, 2.24) is 0 Å². The molecule has 0 aromatic rings. The Kier molecular flexibility index (Phi) is 3.09. The van der Waals surface area contributed by atoms with Crippen molar-refractivity contribution in [3.8, 4) is 6.07 Å². The molecule has 90 valence electrons. The van der Waals surface area contributed by atoms with E-state index in [9.17, 15) is 0 Å². The second kappa shape index (κ2) is 3.99. The highest BCUT2D eigenvalue weighted by Gasteiger charge is 2.53. The van der Waals surface area contributed by atoms with Crippen LogP contribution in [0.2, 0.25) is 0 Å². The molecule has 1 heterocycles. The van der Waals surface area contributed by atoms with Gasteiger partial charge in [0.05, 0.1) is 11.7 Å². The summed E-state index contributed by atoms with van der Waals surface area (Å²) in [6.45, 7) is 6.84. The molecule has 0 spiro atoms. The molecule has 4 atom stereocenters. The summed E-state index contributed by atoms with van der Waals surface area (Å²) in [5, 5.41) is 8.99. The van der Waals surface area contributed by atoms with Gasteiger partial charge in [-0.25, -0.2) is 0 Å². The molecule has 0 bridgehead atoms. The molecule has 2 aliphatic rings. The topological polar surface area (TPSA) is 33.0 Å². The molecule has 0 unspecified atom stereocenters. The Bertz CT molecular complexity index is 322. The molecule has 2 rings (SSSR count). The van der Waals surface area contributed by atoms with E-state index in [1.54, 1.807) is 0 Å². The molecule has 0 aromatic heterocycles. The molecule has 0 aromatic carbocycles. The summed E-state index contributed by atoms with van der Waals surface area (Å²) in [6.07, 6.45) is 4.01. The van der Waals surface area contributed by atoms with Crippen LogP contribution in [-0.2, 0) is 4.74 Å². The van der Waals surface area contributed by atoms with Crippen LogP contribution in [0.4, 0.5) is 0 Å². The number of hydrogen-bond donors (Lipinski definition) is 0. The van der Waals surface area contributed by atoms with Crippen LogP contribution in [0.1, 0.15) is 46.5 Å². The van der Waals surface area contributed by atoms with Crippen molar-refractivity contribution in [2.24, 2.45) is 11.3 Å². The monoisotopic (exact) mass is 285 g/mol. The van der Waals surface area contributed by atoms with Crippen molar-refractivity contribution in [3.05, 3.63) is 0 Å². The molecular weight excluding hydrogens is 266 g/mol. The summed E-state index contributed by atoms with van der Waals surface area (Å²) in [7, 11) is 0. The van der Waals surface area contributed by atoms with Gasteiger partial charge in [-0.2, -0.15) is 5.26 Å². The highest BCUT2D eigenvalue weighted by atomic mass is 79.9. The summed E-state index contributed by atoms with van der Waals surface area (Å²) in [6, 6.07) is 2.27. The number of halogens is 1. The average Bonchev–Trinajstić information content (AvgIpc) is 2.23. The van der Waals surface area contributed by atoms with Gasteiger partial charge < -0.3 is 4.74 Å². The molecule has 1 saturated heterocycles. The standard InChI is InChI=1S/C13H20BrNO/c1-12(2)10-5-4-9(8-15)16-13(10,3)7-6-11(12)14/h9-11H,4-7H2,1-3H3/t9-,10-,11+,13-/m0/s1. The van der Waals surface area contributed by atoms with E-state index in [2.05, 4.69) is 42.8 Å². The first kappa shape index (κ1) is 12.4. The summed E-state index contributed by atoms with van der Waals surface area (Å²) >= 11 is 3.81. The van der Waals surface area contributed by atoms with Crippen LogP contribution in [0, 0.1) is 22.7 Å². The average molecular weight is 286 g/mol. The lowest BCUT2D eigenvalue weighted by Gasteiger charge is -2.55. The van der Waals surface area contributed by atoms with Crippen molar-refractivity contribution in [2.75, 3.05) is 0 Å². The fraction of sp³-hybridized carbons (Fsp3) is 0.923. The van der Waals surface area contributed by atoms with E-state index in [1.165, 1.54) is 0 Å². The quantitative estimate of drug-likeness (QED) is 0.637. The number of rotatable bonds is 0. The third-order valence-electron chi connectivity index (χ3n) is 4.61. The zero-order valence-electron chi connectivity index (χ0n) is 10.3. The van der Waals surface area contributed by atoms with E-state index in [0.717, 1.165) is 25.7 Å². The lowest BCUT2D eigenvalue weighted by molar-refractivity contribution is -0.181. The number of ether oxygens (including phenoxy) is 1. The van der Waals surface area contributed by atoms with E-state index in [4.69, 9.17) is 10.00 Å². The van der Waals surface area contributed by atoms with Crippen LogP contribution in [-0.4, -0.2) is 16.5 Å². The summed E-state index contributed by atoms with van der Waals surface area (Å²) in [4.78, 5) is 0.570. The fourth-order valence-electron chi connectivity index (χ4n) is 3.58. The zero-order valence-corrected chi connectivity index (χ0v) is 11.9. The van der Waals surface area contributed by atoms with Gasteiger partial charge in [0, 0.05) is 4.83 Å². The van der Waals surface area contributed by atoms with Gasteiger partial charge in [0.25, 0.3) is 0 Å². The summed E-state index contributed by atoms with van der Waals surface area (Å²) in [5.41, 5.74) is 0.167. The van der Waals surface area contributed by atoms with Crippen LogP contribution in [0.5, 0.6) is 0 Å². The Morgan fingerprint density at radius 3 is 2.56 bits per heavy atom. The van der Waals surface area contributed by atoms with Crippen molar-refractivity contribution < 1.29 is 4.74 Å². The summed E-state index contributed by atoms with van der Waals surface area (Å²) in [5.74, 6) is 0.558. The van der Waals surface area contributed by atoms with Crippen LogP contribution >= 0.6 is 15.9 Å². The van der Waals surface area contributed by atoms with Crippen molar-refractivity contribution in [3.63, 3.8) is 0 Å². The number of alkyl halides is 1. The van der Waals surface area contributed by atoms with Gasteiger partial charge in [-0.05, 0) is 43.9 Å². The smallest absolute Gasteiger partial charge is 0.144 e. The molecule has 2 nitrogen and oxygen atoms in total. The fourth-order valence-corrected chi connectivity index (χ4v) is 4.12. The molecule has 0 radical (unpaired) electrons. The normalized spacial score (nSPS) is 46.8. The SMILES string of the molecule is CC1(C)[C@H](Br)CC[C@]2(C)O[C@H](C#N)CC[C@@H]12. The maximum Gasteiger partial charge on any atom is 0.144 e. The maximum absolute atomic E-state index is 8.99. The minimum atomic E-state index is -0.191. The van der Waals surface area contributed by atoms with Crippen molar-refractivity contribution >= 4 is 15.9 Å². The molecular formula is C13H20BrNO.